The standard InChI is InChI=1S/C13H13NO/c1-2-13(15)12-9-6-10-14(12)11-7-4-3-5-8-11/h3-10H,2H2,1H3. The third kappa shape index (κ3) is 1.84. The van der Waals surface area contributed by atoms with Crippen LogP contribution >= 0.6 is 0 Å². The first-order chi connectivity index (χ1) is 7.33. The number of ketones is 1. The number of Topliss-reactive ketones (excluding diaryl/α,β-unsaturated/α-hetero) is 1. The fraction of sp³-hybridized carbons (Fsp3) is 0.154. The van der Waals surface area contributed by atoms with Crippen LogP contribution in [-0.2, 0) is 0 Å². The van der Waals surface area contributed by atoms with Crippen LogP contribution in [0.15, 0.2) is 48.7 Å². The predicted octanol–water partition coefficient (Wildman–Crippen LogP) is 3.07. The number of nitrogens with zero attached hydrogens (tertiary/aromatic N) is 1. The van der Waals surface area contributed by atoms with Crippen molar-refractivity contribution in [3.63, 3.8) is 0 Å². The minimum absolute atomic E-state index is 0.170. The third-order valence-corrected chi connectivity index (χ3v) is 2.39. The first-order valence-electron chi connectivity index (χ1n) is 5.09. The molecule has 0 spiro atoms. The summed E-state index contributed by atoms with van der Waals surface area (Å²) < 4.78 is 1.92. The number of hydrogen-bond acceptors (Lipinski definition) is 1. The van der Waals surface area contributed by atoms with Crippen molar-refractivity contribution in [1.82, 2.24) is 4.57 Å². The molecule has 1 heterocycles. The Kier molecular flexibility index (Phi) is 2.68. The minimum atomic E-state index is 0.170. The highest BCUT2D eigenvalue weighted by molar-refractivity contribution is 5.95. The highest BCUT2D eigenvalue weighted by Gasteiger charge is 2.08. The number of para-hydroxylation sites is 1. The van der Waals surface area contributed by atoms with Crippen molar-refractivity contribution in [1.29, 1.82) is 0 Å². The van der Waals surface area contributed by atoms with E-state index in [0.717, 1.165) is 11.4 Å². The van der Waals surface area contributed by atoms with E-state index in [1.165, 1.54) is 0 Å². The van der Waals surface area contributed by atoms with Crippen LogP contribution in [0.25, 0.3) is 5.69 Å². The molecule has 0 bridgehead atoms. The Labute approximate surface area is 89.2 Å². The molecule has 2 rings (SSSR count). The number of carbonyl (C=O) groups is 1. The lowest BCUT2D eigenvalue weighted by atomic mass is 10.2. The van der Waals surface area contributed by atoms with Gasteiger partial charge in [-0.3, -0.25) is 4.79 Å². The van der Waals surface area contributed by atoms with E-state index in [0.29, 0.717) is 6.42 Å². The number of hydrogen-bond donors (Lipinski definition) is 0. The first-order valence-corrected chi connectivity index (χ1v) is 5.09. The van der Waals surface area contributed by atoms with Crippen LogP contribution in [0.1, 0.15) is 23.8 Å². The summed E-state index contributed by atoms with van der Waals surface area (Å²) in [7, 11) is 0. The summed E-state index contributed by atoms with van der Waals surface area (Å²) in [4.78, 5) is 11.6. The maximum absolute atomic E-state index is 11.6. The molecule has 0 unspecified atom stereocenters. The van der Waals surface area contributed by atoms with Crippen LogP contribution in [0.3, 0.4) is 0 Å². The van der Waals surface area contributed by atoms with Gasteiger partial charge in [0.05, 0.1) is 5.69 Å². The zero-order valence-electron chi connectivity index (χ0n) is 8.68. The van der Waals surface area contributed by atoms with Gasteiger partial charge in [0.25, 0.3) is 0 Å². The molecule has 0 aliphatic heterocycles. The van der Waals surface area contributed by atoms with E-state index in [1.54, 1.807) is 0 Å². The van der Waals surface area contributed by atoms with Gasteiger partial charge in [-0.15, -0.1) is 0 Å². The van der Waals surface area contributed by atoms with E-state index in [-0.39, 0.29) is 5.78 Å². The molecular formula is C13H13NO. The number of rotatable bonds is 3. The van der Waals surface area contributed by atoms with Gasteiger partial charge in [-0.1, -0.05) is 25.1 Å². The summed E-state index contributed by atoms with van der Waals surface area (Å²) in [6.45, 7) is 1.88. The van der Waals surface area contributed by atoms with Gasteiger partial charge >= 0.3 is 0 Å². The molecule has 2 aromatic rings. The van der Waals surface area contributed by atoms with Gasteiger partial charge in [0.1, 0.15) is 0 Å². The summed E-state index contributed by atoms with van der Waals surface area (Å²) in [5, 5.41) is 0. The molecule has 0 saturated carbocycles. The fourth-order valence-electron chi connectivity index (χ4n) is 1.60. The summed E-state index contributed by atoms with van der Waals surface area (Å²) in [5.41, 5.74) is 1.78. The normalized spacial score (nSPS) is 10.2. The number of carbonyl (C=O) groups excluding carboxylic acids is 1. The van der Waals surface area contributed by atoms with Gasteiger partial charge in [0.2, 0.25) is 0 Å². The average Bonchev–Trinajstić information content (AvgIpc) is 2.78. The van der Waals surface area contributed by atoms with E-state index in [2.05, 4.69) is 0 Å². The lowest BCUT2D eigenvalue weighted by Crippen LogP contribution is -2.05. The molecule has 0 fully saturated rings. The topological polar surface area (TPSA) is 22.0 Å². The molecule has 0 amide bonds. The second-order valence-electron chi connectivity index (χ2n) is 3.38. The number of aromatic nitrogens is 1. The highest BCUT2D eigenvalue weighted by atomic mass is 16.1. The van der Waals surface area contributed by atoms with Crippen molar-refractivity contribution in [2.24, 2.45) is 0 Å². The zero-order chi connectivity index (χ0) is 10.7. The Morgan fingerprint density at radius 1 is 1.13 bits per heavy atom. The van der Waals surface area contributed by atoms with Gasteiger partial charge in [0, 0.05) is 18.3 Å². The van der Waals surface area contributed by atoms with Crippen molar-refractivity contribution in [3.8, 4) is 5.69 Å². The van der Waals surface area contributed by atoms with Gasteiger partial charge in [-0.25, -0.2) is 0 Å². The lowest BCUT2D eigenvalue weighted by molar-refractivity contribution is 0.0981. The molecule has 1 aromatic heterocycles. The Morgan fingerprint density at radius 2 is 1.87 bits per heavy atom. The second-order valence-corrected chi connectivity index (χ2v) is 3.38. The Balaban J connectivity index is 2.46. The van der Waals surface area contributed by atoms with Crippen LogP contribution in [0.4, 0.5) is 0 Å². The molecule has 1 aromatic carbocycles. The number of benzene rings is 1. The predicted molar refractivity (Wildman–Crippen MR) is 60.4 cm³/mol. The average molecular weight is 199 g/mol. The van der Waals surface area contributed by atoms with Gasteiger partial charge in [-0.05, 0) is 24.3 Å². The summed E-state index contributed by atoms with van der Waals surface area (Å²) in [6.07, 6.45) is 2.45. The van der Waals surface area contributed by atoms with Gasteiger partial charge < -0.3 is 4.57 Å². The Morgan fingerprint density at radius 3 is 2.53 bits per heavy atom. The monoisotopic (exact) mass is 199 g/mol. The smallest absolute Gasteiger partial charge is 0.179 e. The van der Waals surface area contributed by atoms with E-state index < -0.39 is 0 Å². The molecule has 0 atom stereocenters. The lowest BCUT2D eigenvalue weighted by Gasteiger charge is -2.06. The van der Waals surface area contributed by atoms with Crippen LogP contribution < -0.4 is 0 Å². The van der Waals surface area contributed by atoms with Crippen molar-refractivity contribution >= 4 is 5.78 Å². The van der Waals surface area contributed by atoms with Crippen LogP contribution in [0.5, 0.6) is 0 Å². The van der Waals surface area contributed by atoms with E-state index in [1.807, 2.05) is 60.2 Å². The van der Waals surface area contributed by atoms with Crippen LogP contribution in [-0.4, -0.2) is 10.4 Å². The fourth-order valence-corrected chi connectivity index (χ4v) is 1.60. The molecule has 0 radical (unpaired) electrons. The summed E-state index contributed by atoms with van der Waals surface area (Å²) in [5.74, 6) is 0.170. The van der Waals surface area contributed by atoms with Gasteiger partial charge in [0.15, 0.2) is 5.78 Å². The second kappa shape index (κ2) is 4.13. The quantitative estimate of drug-likeness (QED) is 0.696. The summed E-state index contributed by atoms with van der Waals surface area (Å²) >= 11 is 0. The molecule has 76 valence electrons. The van der Waals surface area contributed by atoms with Crippen LogP contribution in [0.2, 0.25) is 0 Å². The largest absolute Gasteiger partial charge is 0.314 e. The van der Waals surface area contributed by atoms with Crippen LogP contribution in [0, 0.1) is 0 Å². The molecule has 0 aliphatic rings. The molecule has 2 heteroatoms. The SMILES string of the molecule is CCC(=O)c1cccn1-c1ccccc1. The zero-order valence-corrected chi connectivity index (χ0v) is 8.68. The van der Waals surface area contributed by atoms with E-state index in [4.69, 9.17) is 0 Å². The third-order valence-electron chi connectivity index (χ3n) is 2.39. The van der Waals surface area contributed by atoms with Gasteiger partial charge in [-0.2, -0.15) is 0 Å². The van der Waals surface area contributed by atoms with Crippen molar-refractivity contribution in [3.05, 3.63) is 54.4 Å². The molecule has 0 aliphatic carbocycles. The highest BCUT2D eigenvalue weighted by Crippen LogP contribution is 2.13. The first kappa shape index (κ1) is 9.71. The maximum Gasteiger partial charge on any atom is 0.179 e. The van der Waals surface area contributed by atoms with E-state index in [9.17, 15) is 4.79 Å². The molecule has 15 heavy (non-hydrogen) atoms. The minimum Gasteiger partial charge on any atom is -0.314 e. The summed E-state index contributed by atoms with van der Waals surface area (Å²) in [6, 6.07) is 13.6. The molecular weight excluding hydrogens is 186 g/mol. The maximum atomic E-state index is 11.6. The molecule has 0 N–H and O–H groups in total. The van der Waals surface area contributed by atoms with Crippen molar-refractivity contribution < 1.29 is 4.79 Å². The molecule has 0 saturated heterocycles. The van der Waals surface area contributed by atoms with Crippen molar-refractivity contribution in [2.75, 3.05) is 0 Å². The Bertz CT molecular complexity index is 456. The van der Waals surface area contributed by atoms with Crippen molar-refractivity contribution in [2.45, 2.75) is 13.3 Å². The molecule has 2 nitrogen and oxygen atoms in total. The Hall–Kier alpha value is -1.83. The van der Waals surface area contributed by atoms with E-state index >= 15 is 0 Å².